The number of H-pyrrole nitrogens is 1. The minimum absolute atomic E-state index is 0. The number of benzene rings is 1. The fourth-order valence-corrected chi connectivity index (χ4v) is 1.06. The van der Waals surface area contributed by atoms with E-state index in [0.29, 0.717) is 5.39 Å². The molecule has 0 spiro atoms. The van der Waals surface area contributed by atoms with Crippen molar-refractivity contribution in [1.29, 1.82) is 0 Å². The molecule has 0 unspecified atom stereocenters. The van der Waals surface area contributed by atoms with Crippen LogP contribution in [0.4, 0.5) is 0 Å². The van der Waals surface area contributed by atoms with Crippen LogP contribution in [0.25, 0.3) is 10.9 Å². The topological polar surface area (TPSA) is 32.9 Å². The molecule has 0 saturated carbocycles. The van der Waals surface area contributed by atoms with E-state index in [9.17, 15) is 4.79 Å². The minimum Gasteiger partial charge on any atom is -0.468 e. The molecule has 1 aromatic carbocycles. The Morgan fingerprint density at radius 1 is 1.25 bits per heavy atom. The van der Waals surface area contributed by atoms with Crippen LogP contribution in [-0.4, -0.2) is 4.98 Å². The van der Waals surface area contributed by atoms with E-state index in [1.54, 1.807) is 6.07 Å². The zero-order chi connectivity index (χ0) is 7.68. The van der Waals surface area contributed by atoms with Crippen LogP contribution in [0.2, 0.25) is 0 Å². The number of nitrogens with one attached hydrogen (secondary N) is 1. The number of hydrogen-bond acceptors (Lipinski definition) is 1. The van der Waals surface area contributed by atoms with E-state index < -0.39 is 0 Å². The van der Waals surface area contributed by atoms with E-state index in [0.717, 1.165) is 5.52 Å². The standard InChI is InChI=1S/C9H6NO.W/c11-9-5-6-10-8-4-2-1-3-7(8)9;/h1-5H,(H,10,11);/q-1;+2. The smallest absolute Gasteiger partial charge is 0.468 e. The number of aromatic amines is 1. The first kappa shape index (κ1) is 9.21. The third kappa shape index (κ3) is 1.48. The fraction of sp³-hybridized carbons (Fsp3) is 0. The summed E-state index contributed by atoms with van der Waals surface area (Å²) >= 11 is 0. The Bertz CT molecular complexity index is 430. The van der Waals surface area contributed by atoms with Crippen molar-refractivity contribution in [2.75, 3.05) is 0 Å². The third-order valence-corrected chi connectivity index (χ3v) is 1.60. The van der Waals surface area contributed by atoms with Gasteiger partial charge in [-0.25, -0.2) is 0 Å². The minimum atomic E-state index is 0. The van der Waals surface area contributed by atoms with Gasteiger partial charge >= 0.3 is 21.1 Å². The Kier molecular flexibility index (Phi) is 2.82. The first-order valence-electron chi connectivity index (χ1n) is 3.36. The molecule has 0 fully saturated rings. The first-order chi connectivity index (χ1) is 5.38. The molecular formula is C9H6NOW+. The third-order valence-electron chi connectivity index (χ3n) is 1.60. The number of hydrogen-bond donors (Lipinski definition) is 1. The number of para-hydroxylation sites is 1. The van der Waals surface area contributed by atoms with Gasteiger partial charge in [-0.05, 0) is 0 Å². The molecule has 0 aliphatic heterocycles. The number of aromatic nitrogens is 1. The van der Waals surface area contributed by atoms with Gasteiger partial charge in [0.25, 0.3) is 0 Å². The van der Waals surface area contributed by atoms with Crippen LogP contribution in [0.5, 0.6) is 0 Å². The van der Waals surface area contributed by atoms with E-state index in [2.05, 4.69) is 11.2 Å². The quantitative estimate of drug-likeness (QED) is 0.727. The molecule has 0 bridgehead atoms. The SMILES string of the molecule is O=c1c[c-][nH]c2ccccc12.[W+2]. The van der Waals surface area contributed by atoms with E-state index in [-0.39, 0.29) is 26.5 Å². The van der Waals surface area contributed by atoms with Gasteiger partial charge in [0, 0.05) is 0 Å². The van der Waals surface area contributed by atoms with Gasteiger partial charge in [0.15, 0.2) is 0 Å². The van der Waals surface area contributed by atoms with Crippen LogP contribution < -0.4 is 5.43 Å². The second kappa shape index (κ2) is 3.68. The molecule has 2 aromatic rings. The molecule has 1 heterocycles. The maximum absolute atomic E-state index is 11.1. The normalized spacial score (nSPS) is 9.33. The van der Waals surface area contributed by atoms with Gasteiger partial charge in [0.1, 0.15) is 0 Å². The summed E-state index contributed by atoms with van der Waals surface area (Å²) in [5, 5.41) is 0.714. The van der Waals surface area contributed by atoms with Crippen LogP contribution >= 0.6 is 0 Å². The summed E-state index contributed by atoms with van der Waals surface area (Å²) in [7, 11) is 0. The van der Waals surface area contributed by atoms with Crippen molar-refractivity contribution in [3.63, 3.8) is 0 Å². The van der Waals surface area contributed by atoms with Gasteiger partial charge in [-0.1, -0.05) is 35.2 Å². The van der Waals surface area contributed by atoms with Gasteiger partial charge in [-0.15, -0.1) is 12.3 Å². The molecule has 1 aromatic heterocycles. The second-order valence-corrected chi connectivity index (χ2v) is 2.32. The largest absolute Gasteiger partial charge is 2.00 e. The van der Waals surface area contributed by atoms with E-state index in [4.69, 9.17) is 0 Å². The molecule has 0 saturated heterocycles. The molecule has 0 atom stereocenters. The monoisotopic (exact) mass is 328 g/mol. The van der Waals surface area contributed by atoms with Crippen LogP contribution in [0, 0.1) is 6.20 Å². The average molecular weight is 328 g/mol. The van der Waals surface area contributed by atoms with Crippen LogP contribution in [0.1, 0.15) is 0 Å². The van der Waals surface area contributed by atoms with E-state index in [1.807, 2.05) is 18.2 Å². The molecule has 2 nitrogen and oxygen atoms in total. The van der Waals surface area contributed by atoms with Crippen molar-refractivity contribution in [3.8, 4) is 0 Å². The predicted octanol–water partition coefficient (Wildman–Crippen LogP) is 1.33. The van der Waals surface area contributed by atoms with Crippen LogP contribution in [-0.2, 0) is 21.1 Å². The average Bonchev–Trinajstić information content (AvgIpc) is 2.06. The Balaban J connectivity index is 0.000000720. The molecule has 58 valence electrons. The molecular weight excluding hydrogens is 322 g/mol. The summed E-state index contributed by atoms with van der Waals surface area (Å²) in [6, 6.07) is 8.78. The molecule has 1 N–H and O–H groups in total. The fourth-order valence-electron chi connectivity index (χ4n) is 1.06. The Hall–Kier alpha value is -0.882. The van der Waals surface area contributed by atoms with E-state index in [1.165, 1.54) is 6.07 Å². The summed E-state index contributed by atoms with van der Waals surface area (Å²) in [5.74, 6) is 0. The van der Waals surface area contributed by atoms with Crippen molar-refractivity contribution in [3.05, 3.63) is 46.8 Å². The number of pyridine rings is 1. The Labute approximate surface area is 83.9 Å². The van der Waals surface area contributed by atoms with Gasteiger partial charge in [-0.2, -0.15) is 0 Å². The molecule has 0 radical (unpaired) electrons. The first-order valence-corrected chi connectivity index (χ1v) is 3.36. The van der Waals surface area contributed by atoms with Gasteiger partial charge < -0.3 is 9.78 Å². The van der Waals surface area contributed by atoms with E-state index >= 15 is 0 Å². The van der Waals surface area contributed by atoms with Crippen molar-refractivity contribution in [2.24, 2.45) is 0 Å². The van der Waals surface area contributed by atoms with Gasteiger partial charge in [-0.3, -0.25) is 0 Å². The Morgan fingerprint density at radius 2 is 2.00 bits per heavy atom. The summed E-state index contributed by atoms with van der Waals surface area (Å²) in [6.45, 7) is 0. The zero-order valence-electron chi connectivity index (χ0n) is 6.20. The van der Waals surface area contributed by atoms with Crippen molar-refractivity contribution in [2.45, 2.75) is 0 Å². The van der Waals surface area contributed by atoms with Crippen molar-refractivity contribution < 1.29 is 21.1 Å². The van der Waals surface area contributed by atoms with Gasteiger partial charge in [0.05, 0.1) is 5.43 Å². The molecule has 0 aliphatic carbocycles. The number of fused-ring (bicyclic) bond motifs is 1. The molecule has 3 heteroatoms. The summed E-state index contributed by atoms with van der Waals surface area (Å²) in [5.41, 5.74) is 0.847. The van der Waals surface area contributed by atoms with Crippen LogP contribution in [0.3, 0.4) is 0 Å². The molecule has 12 heavy (non-hydrogen) atoms. The molecule has 2 rings (SSSR count). The van der Waals surface area contributed by atoms with Crippen molar-refractivity contribution in [1.82, 2.24) is 4.98 Å². The second-order valence-electron chi connectivity index (χ2n) is 2.32. The van der Waals surface area contributed by atoms with Crippen LogP contribution in [0.15, 0.2) is 35.1 Å². The molecule has 0 aliphatic rings. The maximum Gasteiger partial charge on any atom is 2.00 e. The predicted molar refractivity (Wildman–Crippen MR) is 43.4 cm³/mol. The summed E-state index contributed by atoms with van der Waals surface area (Å²) < 4.78 is 0. The summed E-state index contributed by atoms with van der Waals surface area (Å²) in [4.78, 5) is 14.0. The van der Waals surface area contributed by atoms with Gasteiger partial charge in [0.2, 0.25) is 0 Å². The maximum atomic E-state index is 11.1. The molecule has 0 amide bonds. The zero-order valence-corrected chi connectivity index (χ0v) is 9.14. The summed E-state index contributed by atoms with van der Waals surface area (Å²) in [6.07, 6.45) is 2.67. The van der Waals surface area contributed by atoms with Crippen molar-refractivity contribution >= 4 is 10.9 Å². The number of rotatable bonds is 0. The Morgan fingerprint density at radius 3 is 2.75 bits per heavy atom.